The van der Waals surface area contributed by atoms with Crippen molar-refractivity contribution >= 4 is 63.6 Å². The van der Waals surface area contributed by atoms with Crippen molar-refractivity contribution in [1.29, 1.82) is 0 Å². The van der Waals surface area contributed by atoms with Gasteiger partial charge in [-0.1, -0.05) is 21.6 Å². The van der Waals surface area contributed by atoms with Gasteiger partial charge in [-0.3, -0.25) is 19.2 Å². The fourth-order valence-corrected chi connectivity index (χ4v) is 3.31. The van der Waals surface area contributed by atoms with Crippen LogP contribution in [0.3, 0.4) is 0 Å². The molecule has 1 atom stereocenters. The van der Waals surface area contributed by atoms with E-state index in [0.717, 1.165) is 6.21 Å². The topological polar surface area (TPSA) is 178 Å². The van der Waals surface area contributed by atoms with Crippen molar-refractivity contribution in [3.63, 3.8) is 0 Å². The molecule has 0 saturated heterocycles. The number of carbonyl (C=O) groups excluding carboxylic acids is 4. The predicted molar refractivity (Wildman–Crippen MR) is 111 cm³/mol. The number of carbonyl (C=O) groups is 5. The second-order valence-electron chi connectivity index (χ2n) is 5.22. The second-order valence-corrected chi connectivity index (χ2v) is 7.80. The van der Waals surface area contributed by atoms with Crippen LogP contribution in [0.25, 0.3) is 0 Å². The number of hydrogen-bond acceptors (Lipinski definition) is 9. The highest BCUT2D eigenvalue weighted by atomic mass is 33.1. The normalized spacial score (nSPS) is 11.8. The smallest absolute Gasteiger partial charge is 0.326 e. The van der Waals surface area contributed by atoms with Gasteiger partial charge in [0.2, 0.25) is 17.7 Å². The summed E-state index contributed by atoms with van der Waals surface area (Å²) in [4.78, 5) is 56.4. The van der Waals surface area contributed by atoms with E-state index in [4.69, 9.17) is 5.11 Å². The molecule has 0 aromatic rings. The number of nitrogens with zero attached hydrogens (tertiary/aromatic N) is 2. The van der Waals surface area contributed by atoms with Gasteiger partial charge in [-0.15, -0.1) is 0 Å². The van der Waals surface area contributed by atoms with Gasteiger partial charge in [0.15, 0.2) is 0 Å². The van der Waals surface area contributed by atoms with Crippen LogP contribution in [-0.4, -0.2) is 71.2 Å². The molecule has 0 fully saturated rings. The largest absolute Gasteiger partial charge is 0.480 e. The fraction of sp³-hybridized carbons (Fsp3) is 0.533. The molecule has 0 spiro atoms. The van der Waals surface area contributed by atoms with Crippen LogP contribution in [-0.2, 0) is 24.0 Å². The first-order valence-corrected chi connectivity index (χ1v) is 10.9. The van der Waals surface area contributed by atoms with Crippen LogP contribution < -0.4 is 21.5 Å². The van der Waals surface area contributed by atoms with Crippen molar-refractivity contribution in [3.8, 4) is 0 Å². The van der Waals surface area contributed by atoms with E-state index in [1.54, 1.807) is 6.92 Å². The molecule has 14 heteroatoms. The van der Waals surface area contributed by atoms with E-state index in [0.29, 0.717) is 12.3 Å². The molecule has 12 nitrogen and oxygen atoms in total. The van der Waals surface area contributed by atoms with Gasteiger partial charge >= 0.3 is 5.97 Å². The van der Waals surface area contributed by atoms with Gasteiger partial charge in [-0.2, -0.15) is 10.2 Å². The van der Waals surface area contributed by atoms with Crippen molar-refractivity contribution < 1.29 is 29.1 Å². The Morgan fingerprint density at radius 3 is 2.41 bits per heavy atom. The minimum atomic E-state index is -1.23. The van der Waals surface area contributed by atoms with Gasteiger partial charge < -0.3 is 15.7 Å². The third-order valence-corrected chi connectivity index (χ3v) is 5.04. The molecule has 0 saturated carbocycles. The molecule has 5 N–H and O–H groups in total. The molecule has 0 radical (unpaired) electrons. The minimum absolute atomic E-state index is 0.0126. The van der Waals surface area contributed by atoms with Crippen molar-refractivity contribution in [2.45, 2.75) is 32.7 Å². The molecule has 0 heterocycles. The second kappa shape index (κ2) is 16.4. The zero-order chi connectivity index (χ0) is 22.1. The number of hydrazone groups is 2. The Morgan fingerprint density at radius 1 is 1.07 bits per heavy atom. The number of rotatable bonds is 14. The van der Waals surface area contributed by atoms with E-state index in [1.165, 1.54) is 34.7 Å². The standard InChI is InChI=1S/C15H24N6O6S2/c1-3-17-21-12(23)5-4-11(15(26)27)19-14(25)9-29-28-7-6-16-13(24)8-18-20-10(2)22/h3,8,11H,4-7,9H2,1-2H3,(H,16,24)(H,19,25)(H,20,22)(H,21,23)(H,26,27)/b17-3+,18-8+. The van der Waals surface area contributed by atoms with E-state index in [1.807, 2.05) is 0 Å². The molecule has 0 bridgehead atoms. The number of aliphatic carboxylic acids is 1. The number of amides is 4. The molecule has 4 amide bonds. The summed E-state index contributed by atoms with van der Waals surface area (Å²) >= 11 is 0. The summed E-state index contributed by atoms with van der Waals surface area (Å²) in [7, 11) is 2.51. The molecular weight excluding hydrogens is 424 g/mol. The summed E-state index contributed by atoms with van der Waals surface area (Å²) in [6.07, 6.45) is 2.17. The van der Waals surface area contributed by atoms with Crippen molar-refractivity contribution in [2.75, 3.05) is 18.1 Å². The summed E-state index contributed by atoms with van der Waals surface area (Å²) in [6.45, 7) is 3.20. The molecule has 0 aliphatic rings. The number of carboxylic acids is 1. The Bertz CT molecular complexity index is 643. The highest BCUT2D eigenvalue weighted by Gasteiger charge is 2.20. The molecular formula is C15H24N6O6S2. The third kappa shape index (κ3) is 16.1. The van der Waals surface area contributed by atoms with Gasteiger partial charge in [-0.25, -0.2) is 15.6 Å². The zero-order valence-corrected chi connectivity index (χ0v) is 17.6. The first kappa shape index (κ1) is 26.4. The van der Waals surface area contributed by atoms with E-state index >= 15 is 0 Å². The first-order valence-electron chi connectivity index (χ1n) is 8.36. The third-order valence-electron chi connectivity index (χ3n) is 2.77. The average Bonchev–Trinajstić information content (AvgIpc) is 2.65. The fourth-order valence-electron chi connectivity index (χ4n) is 1.56. The van der Waals surface area contributed by atoms with Crippen LogP contribution in [0.4, 0.5) is 0 Å². The Balaban J connectivity index is 3.98. The van der Waals surface area contributed by atoms with Crippen LogP contribution in [0.5, 0.6) is 0 Å². The minimum Gasteiger partial charge on any atom is -0.480 e. The van der Waals surface area contributed by atoms with Gasteiger partial charge in [-0.05, 0) is 13.3 Å². The number of carboxylic acid groups (broad SMARTS) is 1. The summed E-state index contributed by atoms with van der Waals surface area (Å²) < 4.78 is 0. The molecule has 0 aliphatic heterocycles. The maximum Gasteiger partial charge on any atom is 0.326 e. The summed E-state index contributed by atoms with van der Waals surface area (Å²) in [5.41, 5.74) is 4.31. The highest BCUT2D eigenvalue weighted by molar-refractivity contribution is 8.76. The maximum absolute atomic E-state index is 11.8. The quantitative estimate of drug-likeness (QED) is 0.0979. The lowest BCUT2D eigenvalue weighted by Crippen LogP contribution is -2.42. The zero-order valence-electron chi connectivity index (χ0n) is 16.0. The van der Waals surface area contributed by atoms with E-state index < -0.39 is 35.6 Å². The van der Waals surface area contributed by atoms with Crippen molar-refractivity contribution in [2.24, 2.45) is 10.2 Å². The molecule has 1 unspecified atom stereocenters. The lowest BCUT2D eigenvalue weighted by molar-refractivity contribution is -0.141. The van der Waals surface area contributed by atoms with E-state index in [2.05, 4.69) is 31.7 Å². The van der Waals surface area contributed by atoms with Gasteiger partial charge in [0, 0.05) is 31.9 Å². The average molecular weight is 449 g/mol. The molecule has 29 heavy (non-hydrogen) atoms. The SMILES string of the molecule is C/C=N/NC(=O)CCC(NC(=O)CSSCCNC(=O)/C=N/NC(C)=O)C(=O)O. The Hall–Kier alpha value is -2.61. The summed E-state index contributed by atoms with van der Waals surface area (Å²) in [6, 6.07) is -1.17. The van der Waals surface area contributed by atoms with Crippen LogP contribution in [0, 0.1) is 0 Å². The Morgan fingerprint density at radius 2 is 1.79 bits per heavy atom. The molecule has 0 aliphatic carbocycles. The van der Waals surface area contributed by atoms with Crippen molar-refractivity contribution in [3.05, 3.63) is 0 Å². The Labute approximate surface area is 175 Å². The number of hydrogen-bond donors (Lipinski definition) is 5. The first-order chi connectivity index (χ1) is 13.8. The Kier molecular flexibility index (Phi) is 14.9. The number of nitrogens with one attached hydrogen (secondary N) is 4. The van der Waals surface area contributed by atoms with Crippen LogP contribution in [0.1, 0.15) is 26.7 Å². The summed E-state index contributed by atoms with van der Waals surface area (Å²) in [5.74, 6) is -2.51. The molecule has 0 aromatic carbocycles. The van der Waals surface area contributed by atoms with Gasteiger partial charge in [0.1, 0.15) is 12.3 Å². The van der Waals surface area contributed by atoms with Crippen LogP contribution >= 0.6 is 21.6 Å². The maximum atomic E-state index is 11.8. The van der Waals surface area contributed by atoms with E-state index in [9.17, 15) is 24.0 Å². The van der Waals surface area contributed by atoms with Crippen LogP contribution in [0.15, 0.2) is 10.2 Å². The predicted octanol–water partition coefficient (Wildman–Crippen LogP) is -0.923. The molecule has 0 rings (SSSR count). The highest BCUT2D eigenvalue weighted by Crippen LogP contribution is 2.19. The monoisotopic (exact) mass is 448 g/mol. The summed E-state index contributed by atoms with van der Waals surface area (Å²) in [5, 5.41) is 21.0. The van der Waals surface area contributed by atoms with Gasteiger partial charge in [0.25, 0.3) is 5.91 Å². The van der Waals surface area contributed by atoms with E-state index in [-0.39, 0.29) is 18.6 Å². The lowest BCUT2D eigenvalue weighted by atomic mass is 10.1. The molecule has 0 aromatic heterocycles. The van der Waals surface area contributed by atoms with Crippen LogP contribution in [0.2, 0.25) is 0 Å². The van der Waals surface area contributed by atoms with Crippen molar-refractivity contribution in [1.82, 2.24) is 21.5 Å². The van der Waals surface area contributed by atoms with Gasteiger partial charge in [0.05, 0.1) is 5.75 Å². The molecule has 162 valence electrons. The lowest BCUT2D eigenvalue weighted by Gasteiger charge is -2.13.